The third kappa shape index (κ3) is 17.8. The van der Waals surface area contributed by atoms with E-state index in [1.165, 1.54) is 165 Å². The van der Waals surface area contributed by atoms with Gasteiger partial charge in [-0.05, 0) is 38.2 Å². The average molecular weight is 747 g/mol. The number of carbonyl (C=O) groups is 2. The van der Waals surface area contributed by atoms with Crippen LogP contribution in [-0.2, 0) is 9.59 Å². The minimum Gasteiger partial charge on any atom is -0.352 e. The van der Waals surface area contributed by atoms with Crippen LogP contribution in [0.15, 0.2) is 26.8 Å². The van der Waals surface area contributed by atoms with Gasteiger partial charge in [0.15, 0.2) is 0 Å². The molecule has 0 atom stereocenters. The molecule has 0 aromatic heterocycles. The maximum absolute atomic E-state index is 12.9. The number of hydrogen-bond donors (Lipinski definition) is 2. The lowest BCUT2D eigenvalue weighted by molar-refractivity contribution is -0.119. The number of nitrogens with one attached hydrogen (secondary N) is 2. The van der Waals surface area contributed by atoms with Crippen molar-refractivity contribution in [3.63, 3.8) is 0 Å². The van der Waals surface area contributed by atoms with E-state index in [2.05, 4.69) is 24.5 Å². The third-order valence-electron chi connectivity index (χ3n) is 7.85. The predicted octanol–water partition coefficient (Wildman–Crippen LogP) is 13.0. The maximum Gasteiger partial charge on any atom is 0.259 e. The van der Waals surface area contributed by atoms with Gasteiger partial charge in [-0.15, -0.1) is 23.5 Å². The fourth-order valence-electron chi connectivity index (χ4n) is 5.20. The summed E-state index contributed by atoms with van der Waals surface area (Å²) in [7, 11) is 0. The van der Waals surface area contributed by atoms with E-state index < -0.39 is 0 Å². The molecule has 0 unspecified atom stereocenters. The summed E-state index contributed by atoms with van der Waals surface area (Å²) in [6.45, 7) is 9.50. The Morgan fingerprint density at radius 2 is 0.761 bits per heavy atom. The summed E-state index contributed by atoms with van der Waals surface area (Å²) in [4.78, 5) is 26.8. The van der Waals surface area contributed by atoms with E-state index in [-0.39, 0.29) is 11.8 Å². The molecule has 0 saturated carbocycles. The summed E-state index contributed by atoms with van der Waals surface area (Å²) in [6, 6.07) is 0. The van der Waals surface area contributed by atoms with E-state index in [9.17, 15) is 9.59 Å². The zero-order valence-electron chi connectivity index (χ0n) is 29.2. The summed E-state index contributed by atoms with van der Waals surface area (Å²) in [6.07, 6.45) is 27.3. The van der Waals surface area contributed by atoms with Gasteiger partial charge in [-0.3, -0.25) is 9.59 Å². The summed E-state index contributed by atoms with van der Waals surface area (Å²) < 4.78 is 5.15. The van der Waals surface area contributed by atoms with Crippen LogP contribution in [0.5, 0.6) is 0 Å². The van der Waals surface area contributed by atoms with Crippen molar-refractivity contribution in [2.75, 3.05) is 24.6 Å². The molecule has 0 radical (unpaired) electrons. The van der Waals surface area contributed by atoms with E-state index in [4.69, 9.17) is 0 Å². The molecular weight excluding hydrogens is 685 g/mol. The molecule has 2 N–H and O–H groups in total. The predicted molar refractivity (Wildman–Crippen MR) is 217 cm³/mol. The second-order valence-electron chi connectivity index (χ2n) is 12.0. The Kier molecular flexibility index (Phi) is 25.8. The normalized spacial score (nSPS) is 15.0. The molecule has 0 saturated heterocycles. The van der Waals surface area contributed by atoms with E-state index in [1.54, 1.807) is 0 Å². The first kappa shape index (κ1) is 42.4. The van der Waals surface area contributed by atoms with Gasteiger partial charge in [0, 0.05) is 13.1 Å². The minimum atomic E-state index is -0.149. The third-order valence-corrected chi connectivity index (χ3v) is 16.7. The smallest absolute Gasteiger partial charge is 0.259 e. The van der Waals surface area contributed by atoms with Gasteiger partial charge in [-0.2, -0.15) is 0 Å². The Labute approximate surface area is 308 Å². The van der Waals surface area contributed by atoms with E-state index in [0.29, 0.717) is 22.9 Å². The molecule has 0 spiro atoms. The minimum absolute atomic E-state index is 0.149. The second kappa shape index (κ2) is 28.0. The topological polar surface area (TPSA) is 58.2 Å². The van der Waals surface area contributed by atoms with Crippen LogP contribution >= 0.6 is 70.6 Å². The highest BCUT2D eigenvalue weighted by Gasteiger charge is 2.35. The van der Waals surface area contributed by atoms with E-state index >= 15 is 0 Å². The summed E-state index contributed by atoms with van der Waals surface area (Å²) >= 11 is 10.7. The lowest BCUT2D eigenvalue weighted by Crippen LogP contribution is -2.27. The van der Waals surface area contributed by atoms with Crippen molar-refractivity contribution < 1.29 is 9.59 Å². The van der Waals surface area contributed by atoms with Crippen molar-refractivity contribution in [1.29, 1.82) is 0 Å². The molecule has 0 aromatic rings. The molecule has 264 valence electrons. The van der Waals surface area contributed by atoms with Crippen LogP contribution in [-0.4, -0.2) is 36.4 Å². The molecule has 0 fully saturated rings. The van der Waals surface area contributed by atoms with Crippen LogP contribution in [0.4, 0.5) is 0 Å². The molecule has 0 bridgehead atoms. The summed E-state index contributed by atoms with van der Waals surface area (Å²) in [5.74, 6) is 2.03. The van der Waals surface area contributed by atoms with Crippen LogP contribution in [0, 0.1) is 0 Å². The highest BCUT2D eigenvalue weighted by molar-refractivity contribution is 8.42. The Hall–Kier alpha value is 0.260. The van der Waals surface area contributed by atoms with Gasteiger partial charge < -0.3 is 10.6 Å². The first-order chi connectivity index (χ1) is 22.5. The first-order valence-electron chi connectivity index (χ1n) is 18.3. The Morgan fingerprint density at radius 1 is 0.457 bits per heavy atom. The van der Waals surface area contributed by atoms with Crippen LogP contribution in [0.3, 0.4) is 0 Å². The molecule has 0 aromatic carbocycles. The number of likely N-dealkylation sites (N-methyl/N-ethyl adjacent to an activating group) is 2. The van der Waals surface area contributed by atoms with Crippen LogP contribution in [0.1, 0.15) is 156 Å². The van der Waals surface area contributed by atoms with Gasteiger partial charge in [0.05, 0.1) is 26.8 Å². The van der Waals surface area contributed by atoms with Crippen molar-refractivity contribution in [3.8, 4) is 0 Å². The zero-order valence-corrected chi connectivity index (χ0v) is 34.1. The van der Waals surface area contributed by atoms with Crippen molar-refractivity contribution in [2.45, 2.75) is 156 Å². The zero-order chi connectivity index (χ0) is 33.2. The summed E-state index contributed by atoms with van der Waals surface area (Å²) in [5.41, 5.74) is 0. The van der Waals surface area contributed by atoms with Crippen molar-refractivity contribution in [2.24, 2.45) is 0 Å². The van der Waals surface area contributed by atoms with Gasteiger partial charge in [0.1, 0.15) is 0 Å². The number of thioether (sulfide) groups is 6. The fourth-order valence-corrected chi connectivity index (χ4v) is 14.0. The molecule has 2 amide bonds. The van der Waals surface area contributed by atoms with Crippen molar-refractivity contribution in [3.05, 3.63) is 26.8 Å². The largest absolute Gasteiger partial charge is 0.352 e. The van der Waals surface area contributed by atoms with Gasteiger partial charge >= 0.3 is 0 Å². The maximum atomic E-state index is 12.9. The molecule has 2 rings (SSSR count). The van der Waals surface area contributed by atoms with Crippen LogP contribution in [0.25, 0.3) is 0 Å². The average Bonchev–Trinajstić information content (AvgIpc) is 3.68. The van der Waals surface area contributed by atoms with Crippen LogP contribution in [0.2, 0.25) is 0 Å². The first-order valence-corrected chi connectivity index (χ1v) is 23.5. The number of amides is 2. The van der Waals surface area contributed by atoms with Gasteiger partial charge in [0.2, 0.25) is 0 Å². The molecular formula is C36H62N2O2S6. The van der Waals surface area contributed by atoms with Crippen molar-refractivity contribution >= 4 is 82.4 Å². The lowest BCUT2D eigenvalue weighted by atomic mass is 10.1. The standard InChI is InChI=1S/C36H62N2O2S6/c1-5-9-11-13-15-17-19-21-23-25-27-41-33-34(42-28-26-24-22-20-18-16-14-12-10-6-2)46-36(45-33)35-43-29(31(39)37-7-3)30(44-35)32(40)38-8-4/h5-28H2,1-4H3,(H,37,39)(H,38,40). The molecule has 10 heteroatoms. The number of carbonyl (C=O) groups excluding carboxylic acids is 2. The number of hydrogen-bond acceptors (Lipinski definition) is 8. The molecule has 2 heterocycles. The monoisotopic (exact) mass is 746 g/mol. The molecule has 46 heavy (non-hydrogen) atoms. The fraction of sp³-hybridized carbons (Fsp3) is 0.778. The van der Waals surface area contributed by atoms with Gasteiger partial charge in [-0.25, -0.2) is 0 Å². The van der Waals surface area contributed by atoms with Gasteiger partial charge in [0.25, 0.3) is 11.8 Å². The number of rotatable bonds is 28. The quantitative estimate of drug-likeness (QED) is 0.0768. The lowest BCUT2D eigenvalue weighted by Gasteiger charge is -2.06. The number of unbranched alkanes of at least 4 members (excludes halogenated alkanes) is 18. The Bertz CT molecular complexity index is 910. The molecule has 0 aliphatic carbocycles. The van der Waals surface area contributed by atoms with Crippen LogP contribution < -0.4 is 10.6 Å². The summed E-state index contributed by atoms with van der Waals surface area (Å²) in [5, 5.41) is 5.81. The molecule has 2 aliphatic rings. The van der Waals surface area contributed by atoms with Gasteiger partial charge in [-0.1, -0.05) is 176 Å². The SMILES string of the molecule is CCCCCCCCCCCCSC1=C(SCCCCCCCCCCCC)SC(=C2SC(C(=O)NCC)=C(C(=O)NCC)S2)S1. The van der Waals surface area contributed by atoms with E-state index in [1.807, 2.05) is 60.9 Å². The highest BCUT2D eigenvalue weighted by atomic mass is 32.3. The Morgan fingerprint density at radius 3 is 1.09 bits per heavy atom. The van der Waals surface area contributed by atoms with Crippen molar-refractivity contribution in [1.82, 2.24) is 10.6 Å². The highest BCUT2D eigenvalue weighted by Crippen LogP contribution is 2.63. The second-order valence-corrected chi connectivity index (χ2v) is 19.3. The molecule has 2 aliphatic heterocycles. The molecule has 4 nitrogen and oxygen atoms in total. The Balaban J connectivity index is 1.89. The van der Waals surface area contributed by atoms with E-state index in [0.717, 1.165) is 15.7 Å².